The van der Waals surface area contributed by atoms with Crippen LogP contribution in [0.3, 0.4) is 0 Å². The summed E-state index contributed by atoms with van der Waals surface area (Å²) >= 11 is 5.93. The number of hydrogen-bond acceptors (Lipinski definition) is 6. The molecule has 5 N–H and O–H groups in total. The maximum absolute atomic E-state index is 12.9. The van der Waals surface area contributed by atoms with Gasteiger partial charge in [-0.25, -0.2) is 0 Å². The number of aldehydes is 1. The van der Waals surface area contributed by atoms with Crippen molar-refractivity contribution in [1.29, 1.82) is 0 Å². The van der Waals surface area contributed by atoms with Crippen LogP contribution in [0.1, 0.15) is 37.0 Å². The lowest BCUT2D eigenvalue weighted by Gasteiger charge is -2.29. The number of hydrogen-bond donors (Lipinski definition) is 4. The fraction of sp³-hybridized carbons (Fsp3) is 0.450. The SMILES string of the molecule is C[C@H](NC(=O)c1ccc(N)c(Cl)c1)C(=O)N1CC[C@H](C)[C@H]1C(=O)N[C@H](C=O)CC(=O)O. The fourth-order valence-electron chi connectivity index (χ4n) is 3.44. The van der Waals surface area contributed by atoms with Crippen LogP contribution in [0.15, 0.2) is 18.2 Å². The quantitative estimate of drug-likeness (QED) is 0.329. The van der Waals surface area contributed by atoms with E-state index in [1.165, 1.54) is 30.0 Å². The maximum atomic E-state index is 12.9. The van der Waals surface area contributed by atoms with Crippen LogP contribution in [-0.4, -0.2) is 64.7 Å². The van der Waals surface area contributed by atoms with Crippen molar-refractivity contribution in [1.82, 2.24) is 15.5 Å². The Balaban J connectivity index is 2.08. The number of likely N-dealkylation sites (tertiary alicyclic amines) is 1. The third-order valence-corrected chi connectivity index (χ3v) is 5.45. The normalized spacial score (nSPS) is 19.9. The van der Waals surface area contributed by atoms with Gasteiger partial charge >= 0.3 is 5.97 Å². The Hall–Kier alpha value is -3.14. The number of carboxylic acids is 1. The zero-order chi connectivity index (χ0) is 23.3. The lowest BCUT2D eigenvalue weighted by atomic mass is 10.0. The van der Waals surface area contributed by atoms with Crippen LogP contribution < -0.4 is 16.4 Å². The third kappa shape index (κ3) is 5.94. The number of nitrogens with one attached hydrogen (secondary N) is 2. The Bertz CT molecular complexity index is 892. The summed E-state index contributed by atoms with van der Waals surface area (Å²) in [5, 5.41) is 14.0. The van der Waals surface area contributed by atoms with E-state index >= 15 is 0 Å². The lowest BCUT2D eigenvalue weighted by Crippen LogP contribution is -2.55. The Labute approximate surface area is 184 Å². The topological polar surface area (TPSA) is 159 Å². The van der Waals surface area contributed by atoms with Gasteiger partial charge in [0.2, 0.25) is 11.8 Å². The van der Waals surface area contributed by atoms with Gasteiger partial charge in [0.25, 0.3) is 5.91 Å². The highest BCUT2D eigenvalue weighted by Gasteiger charge is 2.41. The van der Waals surface area contributed by atoms with Gasteiger partial charge in [-0.1, -0.05) is 18.5 Å². The number of aliphatic carboxylic acids is 1. The third-order valence-electron chi connectivity index (χ3n) is 5.12. The second-order valence-electron chi connectivity index (χ2n) is 7.52. The Morgan fingerprint density at radius 3 is 2.58 bits per heavy atom. The highest BCUT2D eigenvalue weighted by atomic mass is 35.5. The summed E-state index contributed by atoms with van der Waals surface area (Å²) < 4.78 is 0. The summed E-state index contributed by atoms with van der Waals surface area (Å²) in [6.45, 7) is 3.57. The zero-order valence-corrected chi connectivity index (χ0v) is 17.9. The average Bonchev–Trinajstić information content (AvgIpc) is 3.09. The molecule has 1 heterocycles. The molecule has 1 aromatic rings. The van der Waals surface area contributed by atoms with Gasteiger partial charge in [0, 0.05) is 12.1 Å². The van der Waals surface area contributed by atoms with Crippen molar-refractivity contribution in [2.45, 2.75) is 44.8 Å². The summed E-state index contributed by atoms with van der Waals surface area (Å²) in [6, 6.07) is 1.33. The van der Waals surface area contributed by atoms with Crippen molar-refractivity contribution in [3.05, 3.63) is 28.8 Å². The minimum Gasteiger partial charge on any atom is -0.481 e. The van der Waals surface area contributed by atoms with E-state index in [2.05, 4.69) is 10.6 Å². The number of amides is 3. The number of halogens is 1. The smallest absolute Gasteiger partial charge is 0.305 e. The van der Waals surface area contributed by atoms with Gasteiger partial charge < -0.3 is 31.2 Å². The molecule has 4 atom stereocenters. The van der Waals surface area contributed by atoms with E-state index in [9.17, 15) is 24.0 Å². The molecular formula is C20H25ClN4O6. The molecule has 1 aliphatic heterocycles. The molecule has 10 nitrogen and oxygen atoms in total. The van der Waals surface area contributed by atoms with Crippen LogP contribution in [-0.2, 0) is 19.2 Å². The van der Waals surface area contributed by atoms with Crippen LogP contribution in [0.2, 0.25) is 5.02 Å². The Kier molecular flexibility index (Phi) is 7.98. The minimum atomic E-state index is -1.23. The van der Waals surface area contributed by atoms with Crippen LogP contribution in [0, 0.1) is 5.92 Å². The van der Waals surface area contributed by atoms with Crippen molar-refractivity contribution in [3.8, 4) is 0 Å². The summed E-state index contributed by atoms with van der Waals surface area (Å²) in [5.74, 6) is -3.05. The molecule has 0 radical (unpaired) electrons. The molecule has 0 bridgehead atoms. The molecular weight excluding hydrogens is 428 g/mol. The van der Waals surface area contributed by atoms with Gasteiger partial charge in [0.1, 0.15) is 18.4 Å². The number of nitrogen functional groups attached to an aromatic ring is 1. The van der Waals surface area contributed by atoms with Gasteiger partial charge in [-0.2, -0.15) is 0 Å². The number of nitrogens with two attached hydrogens (primary N) is 1. The molecule has 1 aliphatic rings. The predicted octanol–water partition coefficient (Wildman–Crippen LogP) is 0.436. The lowest BCUT2D eigenvalue weighted by molar-refractivity contribution is -0.142. The van der Waals surface area contributed by atoms with E-state index in [4.69, 9.17) is 22.4 Å². The summed E-state index contributed by atoms with van der Waals surface area (Å²) in [7, 11) is 0. The first kappa shape index (κ1) is 24.1. The van der Waals surface area contributed by atoms with Crippen LogP contribution in [0.5, 0.6) is 0 Å². The number of carbonyl (C=O) groups excluding carboxylic acids is 4. The zero-order valence-electron chi connectivity index (χ0n) is 17.1. The van der Waals surface area contributed by atoms with E-state index in [1.54, 1.807) is 6.92 Å². The molecule has 11 heteroatoms. The van der Waals surface area contributed by atoms with Gasteiger partial charge in [-0.15, -0.1) is 0 Å². The van der Waals surface area contributed by atoms with Gasteiger partial charge in [0.05, 0.1) is 23.2 Å². The molecule has 3 amide bonds. The molecule has 1 aromatic carbocycles. The number of rotatable bonds is 8. The van der Waals surface area contributed by atoms with E-state index < -0.39 is 48.2 Å². The van der Waals surface area contributed by atoms with E-state index in [0.29, 0.717) is 18.4 Å². The van der Waals surface area contributed by atoms with E-state index in [1.807, 2.05) is 0 Å². The minimum absolute atomic E-state index is 0.208. The molecule has 2 rings (SSSR count). The van der Waals surface area contributed by atoms with Gasteiger partial charge in [-0.05, 0) is 37.5 Å². The second-order valence-corrected chi connectivity index (χ2v) is 7.93. The van der Waals surface area contributed by atoms with Crippen molar-refractivity contribution < 1.29 is 29.1 Å². The number of benzene rings is 1. The summed E-state index contributed by atoms with van der Waals surface area (Å²) in [4.78, 5) is 61.3. The monoisotopic (exact) mass is 452 g/mol. The van der Waals surface area contributed by atoms with Crippen molar-refractivity contribution in [2.75, 3.05) is 12.3 Å². The Morgan fingerprint density at radius 1 is 1.32 bits per heavy atom. The first-order chi connectivity index (χ1) is 14.5. The van der Waals surface area contributed by atoms with Crippen LogP contribution in [0.25, 0.3) is 0 Å². The molecule has 1 saturated heterocycles. The van der Waals surface area contributed by atoms with E-state index in [0.717, 1.165) is 0 Å². The van der Waals surface area contributed by atoms with Crippen LogP contribution in [0.4, 0.5) is 5.69 Å². The molecule has 31 heavy (non-hydrogen) atoms. The summed E-state index contributed by atoms with van der Waals surface area (Å²) in [6.07, 6.45) is 0.335. The molecule has 0 aromatic heterocycles. The molecule has 0 spiro atoms. The molecule has 1 fully saturated rings. The standard InChI is InChI=1S/C20H25ClN4O6/c1-10-5-6-25(17(10)19(30)24-13(9-26)8-16(27)28)20(31)11(2)23-18(29)12-3-4-15(22)14(21)7-12/h3-4,7,9-11,13,17H,5-6,8,22H2,1-2H3,(H,23,29)(H,24,30)(H,27,28)/t10-,11-,13-,17-/m0/s1. The van der Waals surface area contributed by atoms with Gasteiger partial charge in [0.15, 0.2) is 0 Å². The second kappa shape index (κ2) is 10.3. The van der Waals surface area contributed by atoms with Gasteiger partial charge in [-0.3, -0.25) is 19.2 Å². The molecule has 0 saturated carbocycles. The average molecular weight is 453 g/mol. The number of nitrogens with zero attached hydrogens (tertiary/aromatic N) is 1. The van der Waals surface area contributed by atoms with Crippen molar-refractivity contribution in [3.63, 3.8) is 0 Å². The predicted molar refractivity (Wildman–Crippen MR) is 112 cm³/mol. The maximum Gasteiger partial charge on any atom is 0.305 e. The number of carboxylic acid groups (broad SMARTS) is 1. The summed E-state index contributed by atoms with van der Waals surface area (Å²) in [5.41, 5.74) is 6.18. The number of carbonyl (C=O) groups is 5. The highest BCUT2D eigenvalue weighted by Crippen LogP contribution is 2.25. The number of anilines is 1. The highest BCUT2D eigenvalue weighted by molar-refractivity contribution is 6.33. The first-order valence-electron chi connectivity index (χ1n) is 9.69. The van der Waals surface area contributed by atoms with Crippen molar-refractivity contribution >= 4 is 47.3 Å². The van der Waals surface area contributed by atoms with E-state index in [-0.39, 0.29) is 23.0 Å². The van der Waals surface area contributed by atoms with Crippen LogP contribution >= 0.6 is 11.6 Å². The fourth-order valence-corrected chi connectivity index (χ4v) is 3.62. The van der Waals surface area contributed by atoms with Crippen molar-refractivity contribution in [2.24, 2.45) is 5.92 Å². The Morgan fingerprint density at radius 2 is 2.00 bits per heavy atom. The molecule has 168 valence electrons. The molecule has 0 unspecified atom stereocenters. The largest absolute Gasteiger partial charge is 0.481 e. The molecule has 0 aliphatic carbocycles. The first-order valence-corrected chi connectivity index (χ1v) is 10.1.